The molecule has 0 spiro atoms. The van der Waals surface area contributed by atoms with Crippen LogP contribution in [0.5, 0.6) is 5.75 Å². The van der Waals surface area contributed by atoms with E-state index in [1.807, 2.05) is 38.1 Å². The number of aryl methyl sites for hydroxylation is 1. The summed E-state index contributed by atoms with van der Waals surface area (Å²) in [6, 6.07) is 12.8. The first-order chi connectivity index (χ1) is 14.0. The van der Waals surface area contributed by atoms with Crippen LogP contribution in [0.1, 0.15) is 28.7 Å². The minimum atomic E-state index is -0.215. The van der Waals surface area contributed by atoms with Gasteiger partial charge in [-0.05, 0) is 38.1 Å². The van der Waals surface area contributed by atoms with Gasteiger partial charge in [-0.15, -0.1) is 0 Å². The van der Waals surface area contributed by atoms with Gasteiger partial charge in [0.25, 0.3) is 11.8 Å². The van der Waals surface area contributed by atoms with Gasteiger partial charge in [-0.1, -0.05) is 28.9 Å². The molecular formula is C21H20N4O4. The summed E-state index contributed by atoms with van der Waals surface area (Å²) >= 11 is 0. The Hall–Kier alpha value is -3.68. The molecule has 0 bridgehead atoms. The van der Waals surface area contributed by atoms with Crippen molar-refractivity contribution in [2.75, 3.05) is 18.5 Å². The average Bonchev–Trinajstić information content (AvgIpc) is 3.20. The molecule has 0 fully saturated rings. The molecule has 0 saturated heterocycles. The van der Waals surface area contributed by atoms with E-state index in [2.05, 4.69) is 15.5 Å². The fourth-order valence-corrected chi connectivity index (χ4v) is 3.10. The molecule has 0 radical (unpaired) electrons. The molecule has 1 N–H and O–H groups in total. The second kappa shape index (κ2) is 7.75. The fraction of sp³-hybridized carbons (Fsp3) is 0.238. The number of ether oxygens (including phenoxy) is 1. The maximum Gasteiger partial charge on any atom is 0.262 e. The number of nitrogens with one attached hydrogen (secondary N) is 1. The van der Waals surface area contributed by atoms with E-state index in [-0.39, 0.29) is 25.0 Å². The maximum atomic E-state index is 12.9. The number of amides is 2. The molecule has 0 unspecified atom stereocenters. The van der Waals surface area contributed by atoms with Crippen LogP contribution in [-0.4, -0.2) is 40.0 Å². The molecule has 8 nitrogen and oxygen atoms in total. The summed E-state index contributed by atoms with van der Waals surface area (Å²) in [7, 11) is 0. The Balaban J connectivity index is 1.51. The lowest BCUT2D eigenvalue weighted by atomic mass is 10.1. The highest BCUT2D eigenvalue weighted by atomic mass is 16.5. The third-order valence-electron chi connectivity index (χ3n) is 4.60. The number of nitrogens with zero attached hydrogens (tertiary/aromatic N) is 3. The summed E-state index contributed by atoms with van der Waals surface area (Å²) in [6.07, 6.45) is 0. The van der Waals surface area contributed by atoms with Crippen LogP contribution in [0.3, 0.4) is 0 Å². The molecule has 1 aromatic heterocycles. The van der Waals surface area contributed by atoms with Crippen LogP contribution in [0.2, 0.25) is 0 Å². The lowest BCUT2D eigenvalue weighted by Gasteiger charge is -2.21. The van der Waals surface area contributed by atoms with Gasteiger partial charge in [0.1, 0.15) is 12.3 Å². The second-order valence-corrected chi connectivity index (χ2v) is 6.75. The van der Waals surface area contributed by atoms with Crippen molar-refractivity contribution in [2.45, 2.75) is 20.4 Å². The number of rotatable bonds is 5. The average molecular weight is 392 g/mol. The summed E-state index contributed by atoms with van der Waals surface area (Å²) in [5, 5.41) is 6.74. The first kappa shape index (κ1) is 18.7. The Kier molecular flexibility index (Phi) is 4.99. The standard InChI is InChI=1S/C21H20N4O4/c1-3-25(11-19-23-20(24-29-19)14-6-4-5-13(2)9-14)21(27)15-7-8-16-17(10-15)28-12-18(26)22-16/h4-10H,3,11-12H2,1-2H3,(H,22,26). The van der Waals surface area contributed by atoms with Crippen LogP contribution >= 0.6 is 0 Å². The molecule has 29 heavy (non-hydrogen) atoms. The summed E-state index contributed by atoms with van der Waals surface area (Å²) in [5.41, 5.74) is 2.98. The van der Waals surface area contributed by atoms with Gasteiger partial charge >= 0.3 is 0 Å². The first-order valence-corrected chi connectivity index (χ1v) is 9.29. The number of hydrogen-bond acceptors (Lipinski definition) is 6. The molecule has 4 rings (SSSR count). The molecule has 0 saturated carbocycles. The lowest BCUT2D eigenvalue weighted by Crippen LogP contribution is -2.31. The van der Waals surface area contributed by atoms with E-state index in [0.29, 0.717) is 35.3 Å². The second-order valence-electron chi connectivity index (χ2n) is 6.75. The summed E-state index contributed by atoms with van der Waals surface area (Å²) in [5.74, 6) is 0.924. The topological polar surface area (TPSA) is 97.6 Å². The molecule has 0 aliphatic carbocycles. The summed E-state index contributed by atoms with van der Waals surface area (Å²) < 4.78 is 10.7. The van der Waals surface area contributed by atoms with Crippen molar-refractivity contribution in [1.82, 2.24) is 15.0 Å². The largest absolute Gasteiger partial charge is 0.482 e. The normalized spacial score (nSPS) is 12.7. The number of benzene rings is 2. The van der Waals surface area contributed by atoms with Crippen molar-refractivity contribution in [2.24, 2.45) is 0 Å². The maximum absolute atomic E-state index is 12.9. The van der Waals surface area contributed by atoms with Crippen LogP contribution in [0.25, 0.3) is 11.4 Å². The number of hydrogen-bond donors (Lipinski definition) is 1. The van der Waals surface area contributed by atoms with Gasteiger partial charge in [0.05, 0.1) is 5.69 Å². The van der Waals surface area contributed by atoms with E-state index in [1.165, 1.54) is 0 Å². The molecule has 2 aromatic carbocycles. The number of carbonyl (C=O) groups excluding carboxylic acids is 2. The highest BCUT2D eigenvalue weighted by molar-refractivity contribution is 5.99. The molecule has 3 aromatic rings. The Morgan fingerprint density at radius 1 is 1.24 bits per heavy atom. The van der Waals surface area contributed by atoms with E-state index in [0.717, 1.165) is 11.1 Å². The highest BCUT2D eigenvalue weighted by Crippen LogP contribution is 2.29. The third kappa shape index (κ3) is 3.96. The van der Waals surface area contributed by atoms with Crippen LogP contribution in [0.15, 0.2) is 47.0 Å². The molecule has 0 atom stereocenters. The minimum absolute atomic E-state index is 0.0636. The third-order valence-corrected chi connectivity index (χ3v) is 4.60. The van der Waals surface area contributed by atoms with Gasteiger partial charge in [0, 0.05) is 17.7 Å². The molecule has 148 valence electrons. The Bertz CT molecular complexity index is 1080. The zero-order valence-electron chi connectivity index (χ0n) is 16.1. The molecule has 1 aliphatic rings. The van der Waals surface area contributed by atoms with Gasteiger partial charge in [-0.3, -0.25) is 9.59 Å². The Morgan fingerprint density at radius 3 is 2.90 bits per heavy atom. The Labute approximate surface area is 167 Å². The number of aromatic nitrogens is 2. The van der Waals surface area contributed by atoms with Gasteiger partial charge < -0.3 is 19.5 Å². The zero-order chi connectivity index (χ0) is 20.4. The zero-order valence-corrected chi connectivity index (χ0v) is 16.1. The van der Waals surface area contributed by atoms with Gasteiger partial charge in [0.2, 0.25) is 11.7 Å². The lowest BCUT2D eigenvalue weighted by molar-refractivity contribution is -0.118. The number of carbonyl (C=O) groups is 2. The molecular weight excluding hydrogens is 372 g/mol. The Morgan fingerprint density at radius 2 is 2.10 bits per heavy atom. The van der Waals surface area contributed by atoms with Crippen LogP contribution in [-0.2, 0) is 11.3 Å². The van der Waals surface area contributed by atoms with E-state index in [9.17, 15) is 9.59 Å². The molecule has 8 heteroatoms. The number of anilines is 1. The summed E-state index contributed by atoms with van der Waals surface area (Å²) in [4.78, 5) is 30.4. The minimum Gasteiger partial charge on any atom is -0.482 e. The van der Waals surface area contributed by atoms with Gasteiger partial charge in [-0.25, -0.2) is 0 Å². The van der Waals surface area contributed by atoms with Crippen molar-refractivity contribution >= 4 is 17.5 Å². The van der Waals surface area contributed by atoms with Crippen molar-refractivity contribution in [3.63, 3.8) is 0 Å². The van der Waals surface area contributed by atoms with Gasteiger partial charge in [-0.2, -0.15) is 4.98 Å². The van der Waals surface area contributed by atoms with Crippen molar-refractivity contribution in [3.8, 4) is 17.1 Å². The smallest absolute Gasteiger partial charge is 0.262 e. The van der Waals surface area contributed by atoms with Crippen LogP contribution in [0.4, 0.5) is 5.69 Å². The van der Waals surface area contributed by atoms with Crippen molar-refractivity contribution < 1.29 is 18.8 Å². The van der Waals surface area contributed by atoms with Crippen LogP contribution in [0, 0.1) is 6.92 Å². The van der Waals surface area contributed by atoms with E-state index >= 15 is 0 Å². The van der Waals surface area contributed by atoms with Gasteiger partial charge in [0.15, 0.2) is 6.61 Å². The molecule has 2 amide bonds. The van der Waals surface area contributed by atoms with E-state index in [4.69, 9.17) is 9.26 Å². The predicted molar refractivity (Wildman–Crippen MR) is 105 cm³/mol. The molecule has 1 aliphatic heterocycles. The quantitative estimate of drug-likeness (QED) is 0.717. The first-order valence-electron chi connectivity index (χ1n) is 9.29. The predicted octanol–water partition coefficient (Wildman–Crippen LogP) is 3.04. The SMILES string of the molecule is CCN(Cc1nc(-c2cccc(C)c2)no1)C(=O)c1ccc2c(c1)OCC(=O)N2. The fourth-order valence-electron chi connectivity index (χ4n) is 3.10. The monoisotopic (exact) mass is 392 g/mol. The van der Waals surface area contributed by atoms with Crippen molar-refractivity contribution in [3.05, 3.63) is 59.5 Å². The van der Waals surface area contributed by atoms with Crippen molar-refractivity contribution in [1.29, 1.82) is 0 Å². The number of fused-ring (bicyclic) bond motifs is 1. The van der Waals surface area contributed by atoms with E-state index in [1.54, 1.807) is 23.1 Å². The van der Waals surface area contributed by atoms with E-state index < -0.39 is 0 Å². The molecule has 2 heterocycles. The summed E-state index contributed by atoms with van der Waals surface area (Å²) in [6.45, 7) is 4.48. The highest BCUT2D eigenvalue weighted by Gasteiger charge is 2.22. The van der Waals surface area contributed by atoms with Crippen LogP contribution < -0.4 is 10.1 Å².